The van der Waals surface area contributed by atoms with Crippen LogP contribution in [0.5, 0.6) is 0 Å². The van der Waals surface area contributed by atoms with Crippen LogP contribution in [0, 0.1) is 5.92 Å². The molecule has 0 aliphatic carbocycles. The van der Waals surface area contributed by atoms with Gasteiger partial charge in [0.2, 0.25) is 5.91 Å². The number of ether oxygens (including phenoxy) is 2. The molecule has 2 heterocycles. The second-order valence-electron chi connectivity index (χ2n) is 11.6. The SMILES string of the molecule is CC.CC.CC.CC(=O)OC(F)(F)F.CCCCCCCCCCCC(=O)OC(CN1CCCC1=O)C[N+]1(C)CCC(C)CC1. The normalized spacial score (nSPS) is 19.6. The van der Waals surface area contributed by atoms with Crippen molar-refractivity contribution in [3.63, 3.8) is 0 Å². The van der Waals surface area contributed by atoms with Gasteiger partial charge in [-0.3, -0.25) is 14.4 Å². The molecule has 2 fully saturated rings. The number of quaternary nitrogens is 1. The predicted molar refractivity (Wildman–Crippen MR) is 179 cm³/mol. The second-order valence-corrected chi connectivity index (χ2v) is 11.6. The van der Waals surface area contributed by atoms with Crippen molar-refractivity contribution < 1.29 is 41.5 Å². The highest BCUT2D eigenvalue weighted by Gasteiger charge is 2.35. The number of likely N-dealkylation sites (tertiary alicyclic amines) is 2. The number of nitrogens with zero attached hydrogens (tertiary/aromatic N) is 2. The molecule has 0 N–H and O–H groups in total. The van der Waals surface area contributed by atoms with E-state index >= 15 is 0 Å². The quantitative estimate of drug-likeness (QED) is 0.0998. The number of hydrogen-bond acceptors (Lipinski definition) is 5. The van der Waals surface area contributed by atoms with Gasteiger partial charge in [-0.05, 0) is 31.6 Å². The molecule has 0 aromatic carbocycles. The Morgan fingerprint density at radius 3 is 1.80 bits per heavy atom. The topological polar surface area (TPSA) is 72.9 Å². The van der Waals surface area contributed by atoms with E-state index in [1.54, 1.807) is 0 Å². The molecule has 2 saturated heterocycles. The molecule has 0 spiro atoms. The summed E-state index contributed by atoms with van der Waals surface area (Å²) in [6, 6.07) is 0. The summed E-state index contributed by atoms with van der Waals surface area (Å²) in [4.78, 5) is 36.2. The fourth-order valence-corrected chi connectivity index (χ4v) is 5.26. The highest BCUT2D eigenvalue weighted by molar-refractivity contribution is 5.78. The number of hydrogen-bond donors (Lipinski definition) is 0. The smallest absolute Gasteiger partial charge is 0.454 e. The first-order chi connectivity index (χ1) is 21.3. The molecular formula is C35H70F3N2O5+. The Kier molecular flexibility index (Phi) is 31.2. The number of unbranched alkanes of at least 4 members (excludes halogenated alkanes) is 8. The van der Waals surface area contributed by atoms with Crippen LogP contribution >= 0.6 is 0 Å². The van der Waals surface area contributed by atoms with Gasteiger partial charge in [-0.2, -0.15) is 0 Å². The van der Waals surface area contributed by atoms with Crippen LogP contribution < -0.4 is 0 Å². The Morgan fingerprint density at radius 1 is 0.911 bits per heavy atom. The zero-order valence-electron chi connectivity index (χ0n) is 30.7. The minimum Gasteiger partial charge on any atom is -0.454 e. The van der Waals surface area contributed by atoms with Crippen LogP contribution in [0.15, 0.2) is 0 Å². The van der Waals surface area contributed by atoms with Crippen molar-refractivity contribution >= 4 is 17.8 Å². The lowest BCUT2D eigenvalue weighted by Gasteiger charge is -2.42. The van der Waals surface area contributed by atoms with E-state index in [9.17, 15) is 27.6 Å². The van der Waals surface area contributed by atoms with Crippen LogP contribution in [0.1, 0.15) is 152 Å². The Bertz CT molecular complexity index is 727. The number of halogens is 3. The maximum Gasteiger partial charge on any atom is 0.575 e. The summed E-state index contributed by atoms with van der Waals surface area (Å²) in [6.45, 7) is 21.8. The molecule has 270 valence electrons. The Labute approximate surface area is 274 Å². The first-order valence-electron chi connectivity index (χ1n) is 17.9. The molecule has 1 amide bonds. The van der Waals surface area contributed by atoms with E-state index < -0.39 is 12.3 Å². The van der Waals surface area contributed by atoms with Crippen molar-refractivity contribution in [3.05, 3.63) is 0 Å². The molecule has 10 heteroatoms. The number of alkyl halides is 3. The number of piperidine rings is 1. The Balaban J connectivity index is -0.00000107. The number of likely N-dealkylation sites (N-methyl/N-ethyl adjacent to an activating group) is 1. The second kappa shape index (κ2) is 29.6. The number of rotatable bonds is 15. The zero-order valence-corrected chi connectivity index (χ0v) is 30.7. The summed E-state index contributed by atoms with van der Waals surface area (Å²) in [5, 5.41) is 0. The van der Waals surface area contributed by atoms with E-state index in [2.05, 4.69) is 25.6 Å². The lowest BCUT2D eigenvalue weighted by atomic mass is 9.97. The highest BCUT2D eigenvalue weighted by atomic mass is 19.4. The van der Waals surface area contributed by atoms with E-state index in [1.165, 1.54) is 57.8 Å². The van der Waals surface area contributed by atoms with Crippen LogP contribution in [-0.2, 0) is 23.9 Å². The van der Waals surface area contributed by atoms with Gasteiger partial charge in [0.1, 0.15) is 6.54 Å². The summed E-state index contributed by atoms with van der Waals surface area (Å²) in [5.41, 5.74) is 0. The summed E-state index contributed by atoms with van der Waals surface area (Å²) in [6.07, 6.45) is 10.8. The molecule has 0 aromatic heterocycles. The molecule has 0 bridgehead atoms. The van der Waals surface area contributed by atoms with Crippen molar-refractivity contribution in [2.45, 2.75) is 165 Å². The molecule has 45 heavy (non-hydrogen) atoms. The number of amides is 1. The van der Waals surface area contributed by atoms with Gasteiger partial charge in [-0.15, -0.1) is 13.2 Å². The van der Waals surface area contributed by atoms with Gasteiger partial charge in [-0.1, -0.05) is 107 Å². The molecule has 7 nitrogen and oxygen atoms in total. The number of esters is 2. The lowest BCUT2D eigenvalue weighted by molar-refractivity contribution is -0.917. The summed E-state index contributed by atoms with van der Waals surface area (Å²) in [7, 11) is 2.29. The van der Waals surface area contributed by atoms with Gasteiger partial charge in [0.05, 0.1) is 26.7 Å². The standard InChI is InChI=1S/C26H49N2O3.C3H3F3O2.3C2H6/c1-4-5-6-7-8-9-10-11-12-15-26(30)31-24(21-27-18-13-14-25(27)29)22-28(3)19-16-23(2)17-20-28;1-2(7)8-3(4,5)6;3*1-2/h23-24H,4-22H2,1-3H3;1H3;3*1-2H3/q+1;;;;. The van der Waals surface area contributed by atoms with Gasteiger partial charge in [-0.25, -0.2) is 0 Å². The Hall–Kier alpha value is -1.84. The van der Waals surface area contributed by atoms with Crippen LogP contribution in [0.3, 0.4) is 0 Å². The third-order valence-electron chi connectivity index (χ3n) is 7.61. The molecular weight excluding hydrogens is 585 g/mol. The van der Waals surface area contributed by atoms with Crippen molar-refractivity contribution in [2.75, 3.05) is 39.8 Å². The van der Waals surface area contributed by atoms with Crippen LogP contribution in [0.4, 0.5) is 13.2 Å². The summed E-state index contributed by atoms with van der Waals surface area (Å²) < 4.78 is 42.3. The third kappa shape index (κ3) is 28.1. The fourth-order valence-electron chi connectivity index (χ4n) is 5.26. The fraction of sp³-hybridized carbons (Fsp3) is 0.914. The van der Waals surface area contributed by atoms with Gasteiger partial charge >= 0.3 is 18.3 Å². The molecule has 2 rings (SSSR count). The summed E-state index contributed by atoms with van der Waals surface area (Å²) in [5.74, 6) is -0.414. The maximum atomic E-state index is 12.6. The first kappa shape index (κ1) is 47.6. The van der Waals surface area contributed by atoms with E-state index in [0.29, 0.717) is 26.3 Å². The minimum atomic E-state index is -4.83. The molecule has 1 unspecified atom stereocenters. The van der Waals surface area contributed by atoms with Gasteiger partial charge in [0.25, 0.3) is 0 Å². The van der Waals surface area contributed by atoms with Crippen molar-refractivity contribution in [2.24, 2.45) is 5.92 Å². The third-order valence-corrected chi connectivity index (χ3v) is 7.61. The van der Waals surface area contributed by atoms with Crippen molar-refractivity contribution in [3.8, 4) is 0 Å². The predicted octanol–water partition coefficient (Wildman–Crippen LogP) is 9.47. The zero-order chi connectivity index (χ0) is 35.3. The maximum absolute atomic E-state index is 12.6. The molecule has 0 radical (unpaired) electrons. The molecule has 2 aliphatic rings. The van der Waals surface area contributed by atoms with Crippen LogP contribution in [0.2, 0.25) is 0 Å². The average Bonchev–Trinajstić information content (AvgIpc) is 3.39. The monoisotopic (exact) mass is 656 g/mol. The largest absolute Gasteiger partial charge is 0.575 e. The van der Waals surface area contributed by atoms with E-state index in [0.717, 1.165) is 55.8 Å². The van der Waals surface area contributed by atoms with Crippen molar-refractivity contribution in [1.82, 2.24) is 4.90 Å². The minimum absolute atomic E-state index is 0.0726. The molecule has 0 saturated carbocycles. The highest BCUT2D eigenvalue weighted by Crippen LogP contribution is 2.23. The summed E-state index contributed by atoms with van der Waals surface area (Å²) >= 11 is 0. The first-order valence-corrected chi connectivity index (χ1v) is 17.9. The average molecular weight is 656 g/mol. The molecule has 1 atom stereocenters. The van der Waals surface area contributed by atoms with Gasteiger partial charge in [0, 0.05) is 26.3 Å². The van der Waals surface area contributed by atoms with E-state index in [1.807, 2.05) is 46.4 Å². The number of carbonyl (C=O) groups is 3. The Morgan fingerprint density at radius 2 is 1.40 bits per heavy atom. The van der Waals surface area contributed by atoms with Gasteiger partial charge < -0.3 is 18.9 Å². The van der Waals surface area contributed by atoms with Crippen LogP contribution in [-0.4, -0.2) is 79.5 Å². The number of carbonyl (C=O) groups excluding carboxylic acids is 3. The van der Waals surface area contributed by atoms with Gasteiger partial charge in [0.15, 0.2) is 6.10 Å². The van der Waals surface area contributed by atoms with Crippen molar-refractivity contribution in [1.29, 1.82) is 0 Å². The molecule has 0 aromatic rings. The lowest BCUT2D eigenvalue weighted by Crippen LogP contribution is -2.55. The van der Waals surface area contributed by atoms with Crippen LogP contribution in [0.25, 0.3) is 0 Å². The van der Waals surface area contributed by atoms with E-state index in [-0.39, 0.29) is 18.0 Å². The molecule has 2 aliphatic heterocycles. The van der Waals surface area contributed by atoms with E-state index in [4.69, 9.17) is 4.74 Å².